The second-order valence-electron chi connectivity index (χ2n) is 4.71. The Balaban J connectivity index is -0.000000105. The van der Waals surface area contributed by atoms with Crippen molar-refractivity contribution in [1.82, 2.24) is 0 Å². The zero-order valence-electron chi connectivity index (χ0n) is 15.0. The minimum absolute atomic E-state index is 0. The summed E-state index contributed by atoms with van der Waals surface area (Å²) in [5, 5.41) is 8.59. The first kappa shape index (κ1) is 37.7. The van der Waals surface area contributed by atoms with E-state index in [0.29, 0.717) is 6.61 Å². The topological polar surface area (TPSA) is 106 Å². The van der Waals surface area contributed by atoms with Gasteiger partial charge < -0.3 is 24.4 Å². The maximum absolute atomic E-state index is 8.59. The van der Waals surface area contributed by atoms with Crippen molar-refractivity contribution in [2.45, 2.75) is 77.6 Å². The molecule has 0 amide bonds. The van der Waals surface area contributed by atoms with Gasteiger partial charge in [-0.3, -0.25) is 0 Å². The van der Waals surface area contributed by atoms with Crippen molar-refractivity contribution < 1.29 is 179 Å². The fourth-order valence-electron chi connectivity index (χ4n) is 1.78. The Morgan fingerprint density at radius 2 is 0.909 bits per heavy atom. The summed E-state index contributed by atoms with van der Waals surface area (Å²) in [5.74, 6) is 0. The van der Waals surface area contributed by atoms with Gasteiger partial charge in [-0.1, -0.05) is 71.1 Å². The molecule has 0 saturated heterocycles. The van der Waals surface area contributed by atoms with E-state index < -0.39 is 7.82 Å². The number of hydrogen-bond donors (Lipinski definition) is 1. The first-order valence-corrected chi connectivity index (χ1v) is 8.71. The van der Waals surface area contributed by atoms with Crippen molar-refractivity contribution in [3.63, 3.8) is 0 Å². The molecule has 0 heterocycles. The molecule has 0 spiro atoms. The molecule has 9 heteroatoms. The first-order valence-electron chi connectivity index (χ1n) is 7.25. The zero-order chi connectivity index (χ0) is 15.0. The molecular weight excluding hydrogens is 384 g/mol. The number of phosphoric acid groups is 1. The molecule has 0 atom stereocenters. The van der Waals surface area contributed by atoms with Crippen LogP contribution in [0.15, 0.2) is 0 Å². The molecule has 0 rings (SSSR count). The molecule has 0 aliphatic carbocycles. The Kier molecular flexibility index (Phi) is 52.6. The summed E-state index contributed by atoms with van der Waals surface area (Å²) in [6, 6.07) is 0. The summed E-state index contributed by atoms with van der Waals surface area (Å²) >= 11 is 0. The minimum Gasteiger partial charge on any atom is -0.822 e. The normalized spacial score (nSPS) is 9.50. The van der Waals surface area contributed by atoms with Gasteiger partial charge in [0.25, 0.3) is 0 Å². The van der Waals surface area contributed by atoms with Crippen LogP contribution < -0.4 is 169 Å². The van der Waals surface area contributed by atoms with Crippen molar-refractivity contribution >= 4 is 7.82 Å². The summed E-state index contributed by atoms with van der Waals surface area (Å²) in [6.45, 7) is 2.64. The van der Waals surface area contributed by atoms with Crippen LogP contribution in [-0.2, 0) is 4.57 Å². The van der Waals surface area contributed by atoms with E-state index in [1.54, 1.807) is 0 Å². The van der Waals surface area contributed by atoms with Crippen LogP contribution in [0.5, 0.6) is 0 Å². The van der Waals surface area contributed by atoms with Crippen LogP contribution in [0, 0.1) is 0 Å². The average molecular weight is 413 g/mol. The fraction of sp³-hybridized carbons (Fsp3) is 1.00. The van der Waals surface area contributed by atoms with E-state index in [0.717, 1.165) is 6.42 Å². The van der Waals surface area contributed by atoms with Crippen LogP contribution >= 0.6 is 7.82 Å². The second-order valence-corrected chi connectivity index (χ2v) is 5.60. The Bertz CT molecular complexity index is 198. The number of hydrogen-bond acceptors (Lipinski definition) is 5. The average Bonchev–Trinajstić information content (AvgIpc) is 2.29. The van der Waals surface area contributed by atoms with Gasteiger partial charge in [0.1, 0.15) is 0 Å². The molecule has 0 aromatic heterocycles. The predicted octanol–water partition coefficient (Wildman–Crippen LogP) is -7.52. The van der Waals surface area contributed by atoms with E-state index in [2.05, 4.69) is 6.92 Å². The zero-order valence-corrected chi connectivity index (χ0v) is 25.3. The van der Waals surface area contributed by atoms with Gasteiger partial charge in [-0.2, -0.15) is 7.82 Å². The van der Waals surface area contributed by atoms with Gasteiger partial charge in [0.15, 0.2) is 0 Å². The molecule has 0 aliphatic rings. The quantitative estimate of drug-likeness (QED) is 0.206. The fourth-order valence-corrected chi connectivity index (χ4v) is 1.78. The van der Waals surface area contributed by atoms with Gasteiger partial charge in [-0.05, 0) is 6.42 Å². The summed E-state index contributed by atoms with van der Waals surface area (Å²) in [4.78, 5) is 25.6. The molecule has 0 aromatic rings. The maximum atomic E-state index is 8.59. The van der Waals surface area contributed by atoms with Crippen LogP contribution in [0.3, 0.4) is 0 Å². The largest absolute Gasteiger partial charge is 1.00 e. The van der Waals surface area contributed by atoms with E-state index in [1.807, 2.05) is 0 Å². The smallest absolute Gasteiger partial charge is 0.822 e. The van der Waals surface area contributed by atoms with E-state index in [1.165, 1.54) is 64.2 Å². The van der Waals surface area contributed by atoms with E-state index in [-0.39, 0.29) is 154 Å². The van der Waals surface area contributed by atoms with Crippen LogP contribution in [0.25, 0.3) is 0 Å². The Labute approximate surface area is 264 Å². The standard InChI is InChI=1S/C13H28O.3K.H3O4P/c1-2-3-4-5-6-7-8-9-10-11-12-13-14;;;;1-5(2,3)4/h14H,2-13H2,1H3;;;;(H3,1,2,3,4)/q;3*+1;/p-3. The van der Waals surface area contributed by atoms with E-state index in [9.17, 15) is 0 Å². The molecule has 0 aromatic carbocycles. The molecule has 0 bridgehead atoms. The molecule has 5 nitrogen and oxygen atoms in total. The minimum atomic E-state index is -5.39. The first-order chi connectivity index (χ1) is 8.91. The summed E-state index contributed by atoms with van der Waals surface area (Å²) < 4.78 is 8.55. The molecular formula is C13H28K3O5P. The summed E-state index contributed by atoms with van der Waals surface area (Å²) in [6.07, 6.45) is 14.8. The van der Waals surface area contributed by atoms with Gasteiger partial charge in [-0.15, -0.1) is 0 Å². The van der Waals surface area contributed by atoms with Gasteiger partial charge >= 0.3 is 154 Å². The molecule has 0 saturated carbocycles. The third kappa shape index (κ3) is 56.3. The van der Waals surface area contributed by atoms with Crippen molar-refractivity contribution in [2.24, 2.45) is 0 Å². The van der Waals surface area contributed by atoms with Crippen molar-refractivity contribution in [3.05, 3.63) is 0 Å². The number of aliphatic hydroxyl groups excluding tert-OH is 1. The summed E-state index contributed by atoms with van der Waals surface area (Å²) in [5.41, 5.74) is 0. The second kappa shape index (κ2) is 30.7. The third-order valence-electron chi connectivity index (χ3n) is 2.76. The van der Waals surface area contributed by atoms with Gasteiger partial charge in [-0.25, -0.2) is 0 Å². The third-order valence-corrected chi connectivity index (χ3v) is 2.76. The Morgan fingerprint density at radius 1 is 0.682 bits per heavy atom. The van der Waals surface area contributed by atoms with Gasteiger partial charge in [0, 0.05) is 6.61 Å². The van der Waals surface area contributed by atoms with Crippen LogP contribution in [-0.4, -0.2) is 11.7 Å². The van der Waals surface area contributed by atoms with E-state index >= 15 is 0 Å². The number of rotatable bonds is 11. The van der Waals surface area contributed by atoms with E-state index in [4.69, 9.17) is 24.4 Å². The van der Waals surface area contributed by atoms with Gasteiger partial charge in [0.05, 0.1) is 0 Å². The molecule has 0 radical (unpaired) electrons. The maximum Gasteiger partial charge on any atom is 1.00 e. The molecule has 118 valence electrons. The molecule has 1 N–H and O–H groups in total. The van der Waals surface area contributed by atoms with Crippen LogP contribution in [0.1, 0.15) is 77.6 Å². The monoisotopic (exact) mass is 412 g/mol. The molecule has 0 unspecified atom stereocenters. The summed E-state index contributed by atoms with van der Waals surface area (Å²) in [7, 11) is -5.39. The molecule has 22 heavy (non-hydrogen) atoms. The predicted molar refractivity (Wildman–Crippen MR) is 71.2 cm³/mol. The Morgan fingerprint density at radius 3 is 1.14 bits per heavy atom. The number of unbranched alkanes of at least 4 members (excludes halogenated alkanes) is 10. The van der Waals surface area contributed by atoms with Crippen LogP contribution in [0.2, 0.25) is 0 Å². The molecule has 0 aliphatic heterocycles. The van der Waals surface area contributed by atoms with Crippen molar-refractivity contribution in [1.29, 1.82) is 0 Å². The van der Waals surface area contributed by atoms with Gasteiger partial charge in [0.2, 0.25) is 0 Å². The number of aliphatic hydroxyl groups is 1. The molecule has 0 fully saturated rings. The van der Waals surface area contributed by atoms with Crippen molar-refractivity contribution in [2.75, 3.05) is 6.61 Å². The SMILES string of the molecule is CCCCCCCCCCCCCO.O=P([O-])([O-])[O-].[K+].[K+].[K+]. The Hall–Kier alpha value is 4.98. The van der Waals surface area contributed by atoms with Crippen LogP contribution in [0.4, 0.5) is 0 Å². The van der Waals surface area contributed by atoms with Crippen molar-refractivity contribution in [3.8, 4) is 0 Å².